The van der Waals surface area contributed by atoms with Gasteiger partial charge in [-0.2, -0.15) is 18.4 Å². The molecule has 148 valence electrons. The van der Waals surface area contributed by atoms with Crippen LogP contribution in [0, 0.1) is 11.3 Å². The SMILES string of the molecule is CCN(c1ccc(C#N)c(C(F)(F)F)c1)[C@@H]1CCCN(c2nccc(Cl)n2)C1. The van der Waals surface area contributed by atoms with E-state index in [0.717, 1.165) is 25.5 Å². The number of aromatic nitrogens is 2. The minimum atomic E-state index is -4.58. The first-order valence-electron chi connectivity index (χ1n) is 8.95. The maximum atomic E-state index is 13.3. The number of halogens is 4. The molecule has 0 aliphatic carbocycles. The number of likely N-dealkylation sites (N-methyl/N-ethyl adjacent to an activating group) is 1. The van der Waals surface area contributed by atoms with Gasteiger partial charge in [-0.1, -0.05) is 11.6 Å². The Hall–Kier alpha value is -2.53. The van der Waals surface area contributed by atoms with Crippen LogP contribution in [0.5, 0.6) is 0 Å². The van der Waals surface area contributed by atoms with Crippen LogP contribution >= 0.6 is 11.6 Å². The molecule has 3 rings (SSSR count). The van der Waals surface area contributed by atoms with Crippen molar-refractivity contribution in [3.8, 4) is 6.07 Å². The maximum absolute atomic E-state index is 13.3. The van der Waals surface area contributed by atoms with E-state index < -0.39 is 11.7 Å². The van der Waals surface area contributed by atoms with Gasteiger partial charge >= 0.3 is 6.18 Å². The average Bonchev–Trinajstić information content (AvgIpc) is 2.68. The summed E-state index contributed by atoms with van der Waals surface area (Å²) >= 11 is 5.95. The van der Waals surface area contributed by atoms with Crippen LogP contribution in [0.4, 0.5) is 24.8 Å². The molecular formula is C19H19ClF3N5. The van der Waals surface area contributed by atoms with E-state index in [0.29, 0.717) is 29.9 Å². The fourth-order valence-electron chi connectivity index (χ4n) is 3.56. The molecule has 2 heterocycles. The molecule has 0 amide bonds. The Morgan fingerprint density at radius 3 is 2.79 bits per heavy atom. The van der Waals surface area contributed by atoms with Crippen molar-refractivity contribution in [3.63, 3.8) is 0 Å². The van der Waals surface area contributed by atoms with E-state index in [-0.39, 0.29) is 11.6 Å². The fourth-order valence-corrected chi connectivity index (χ4v) is 3.70. The van der Waals surface area contributed by atoms with Crippen LogP contribution in [0.25, 0.3) is 0 Å². The third-order valence-corrected chi connectivity index (χ3v) is 5.04. The fraction of sp³-hybridized carbons (Fsp3) is 0.421. The Labute approximate surface area is 166 Å². The summed E-state index contributed by atoms with van der Waals surface area (Å²) in [5.41, 5.74) is -0.825. The molecule has 1 aliphatic heterocycles. The average molecular weight is 410 g/mol. The molecule has 9 heteroatoms. The normalized spacial score (nSPS) is 17.3. The Balaban J connectivity index is 1.88. The van der Waals surface area contributed by atoms with Crippen LogP contribution in [0.2, 0.25) is 5.15 Å². The van der Waals surface area contributed by atoms with Crippen LogP contribution in [0.15, 0.2) is 30.5 Å². The van der Waals surface area contributed by atoms with Gasteiger partial charge in [0.15, 0.2) is 0 Å². The predicted molar refractivity (Wildman–Crippen MR) is 101 cm³/mol. The smallest absolute Gasteiger partial charge is 0.367 e. The lowest BCUT2D eigenvalue weighted by Gasteiger charge is -2.40. The minimum absolute atomic E-state index is 0.00430. The molecule has 1 aromatic carbocycles. The van der Waals surface area contributed by atoms with Crippen molar-refractivity contribution in [2.45, 2.75) is 32.0 Å². The Morgan fingerprint density at radius 1 is 1.36 bits per heavy atom. The van der Waals surface area contributed by atoms with Crippen molar-refractivity contribution < 1.29 is 13.2 Å². The Bertz CT molecular complexity index is 881. The van der Waals surface area contributed by atoms with Crippen molar-refractivity contribution in [1.29, 1.82) is 5.26 Å². The van der Waals surface area contributed by atoms with Gasteiger partial charge in [-0.15, -0.1) is 0 Å². The van der Waals surface area contributed by atoms with E-state index in [1.165, 1.54) is 6.07 Å². The van der Waals surface area contributed by atoms with Crippen molar-refractivity contribution in [2.24, 2.45) is 0 Å². The number of piperidine rings is 1. The first kappa shape index (κ1) is 20.2. The van der Waals surface area contributed by atoms with Crippen LogP contribution in [0.1, 0.15) is 30.9 Å². The number of hydrogen-bond donors (Lipinski definition) is 0. The van der Waals surface area contributed by atoms with Gasteiger partial charge in [-0.25, -0.2) is 9.97 Å². The molecule has 1 fully saturated rings. The maximum Gasteiger partial charge on any atom is 0.417 e. The van der Waals surface area contributed by atoms with E-state index in [1.54, 1.807) is 24.4 Å². The number of nitriles is 1. The van der Waals surface area contributed by atoms with Gasteiger partial charge in [0.2, 0.25) is 5.95 Å². The number of rotatable bonds is 4. The van der Waals surface area contributed by atoms with Crippen molar-refractivity contribution in [1.82, 2.24) is 9.97 Å². The molecule has 0 radical (unpaired) electrons. The third kappa shape index (κ3) is 4.30. The highest BCUT2D eigenvalue weighted by atomic mass is 35.5. The highest BCUT2D eigenvalue weighted by Gasteiger charge is 2.35. The molecule has 28 heavy (non-hydrogen) atoms. The van der Waals surface area contributed by atoms with Crippen molar-refractivity contribution in [2.75, 3.05) is 29.4 Å². The molecule has 0 N–H and O–H groups in total. The zero-order valence-electron chi connectivity index (χ0n) is 15.2. The molecule has 5 nitrogen and oxygen atoms in total. The lowest BCUT2D eigenvalue weighted by molar-refractivity contribution is -0.137. The van der Waals surface area contributed by atoms with E-state index in [9.17, 15) is 13.2 Å². The topological polar surface area (TPSA) is 56.1 Å². The van der Waals surface area contributed by atoms with Gasteiger partial charge in [0.05, 0.1) is 17.2 Å². The van der Waals surface area contributed by atoms with Gasteiger partial charge in [0.25, 0.3) is 0 Å². The lowest BCUT2D eigenvalue weighted by Crippen LogP contribution is -2.48. The highest BCUT2D eigenvalue weighted by molar-refractivity contribution is 6.29. The van der Waals surface area contributed by atoms with Gasteiger partial charge in [-0.3, -0.25) is 0 Å². The molecule has 0 saturated carbocycles. The molecule has 1 saturated heterocycles. The van der Waals surface area contributed by atoms with E-state index in [2.05, 4.69) is 9.97 Å². The second-order valence-corrected chi connectivity index (χ2v) is 6.93. The lowest BCUT2D eigenvalue weighted by atomic mass is 10.0. The summed E-state index contributed by atoms with van der Waals surface area (Å²) in [7, 11) is 0. The number of hydrogen-bond acceptors (Lipinski definition) is 5. The monoisotopic (exact) mass is 409 g/mol. The molecular weight excluding hydrogens is 391 g/mol. The largest absolute Gasteiger partial charge is 0.417 e. The highest BCUT2D eigenvalue weighted by Crippen LogP contribution is 2.35. The third-order valence-electron chi connectivity index (χ3n) is 4.83. The molecule has 1 atom stereocenters. The van der Waals surface area contributed by atoms with Gasteiger partial charge < -0.3 is 9.80 Å². The Kier molecular flexibility index (Phi) is 5.94. The number of nitrogens with zero attached hydrogens (tertiary/aromatic N) is 5. The van der Waals surface area contributed by atoms with E-state index in [1.807, 2.05) is 16.7 Å². The first-order chi connectivity index (χ1) is 13.3. The first-order valence-corrected chi connectivity index (χ1v) is 9.32. The standard InChI is InChI=1S/C19H19ClF3N5/c1-2-28(14-6-5-13(11-24)16(10-14)19(21,22)23)15-4-3-9-27(12-15)18-25-8-7-17(20)26-18/h5-8,10,15H,2-4,9,12H2,1H3/t15-/m1/s1. The van der Waals surface area contributed by atoms with Crippen LogP contribution < -0.4 is 9.80 Å². The molecule has 1 aliphatic rings. The quantitative estimate of drug-likeness (QED) is 0.695. The van der Waals surface area contributed by atoms with Gasteiger partial charge in [-0.05, 0) is 44.0 Å². The summed E-state index contributed by atoms with van der Waals surface area (Å²) in [5.74, 6) is 0.518. The summed E-state index contributed by atoms with van der Waals surface area (Å²) in [6.45, 7) is 3.78. The molecule has 0 unspecified atom stereocenters. The summed E-state index contributed by atoms with van der Waals surface area (Å²) < 4.78 is 40.0. The Morgan fingerprint density at radius 2 is 2.14 bits per heavy atom. The van der Waals surface area contributed by atoms with Crippen LogP contribution in [-0.4, -0.2) is 35.6 Å². The second-order valence-electron chi connectivity index (χ2n) is 6.55. The zero-order chi connectivity index (χ0) is 20.3. The van der Waals surface area contributed by atoms with Crippen LogP contribution in [-0.2, 0) is 6.18 Å². The second kappa shape index (κ2) is 8.23. The predicted octanol–water partition coefficient (Wildman–Crippen LogP) is 4.52. The molecule has 0 spiro atoms. The summed E-state index contributed by atoms with van der Waals surface area (Å²) in [5, 5.41) is 9.35. The summed E-state index contributed by atoms with van der Waals surface area (Å²) in [6, 6.07) is 7.10. The van der Waals surface area contributed by atoms with Gasteiger partial charge in [0.1, 0.15) is 5.15 Å². The summed E-state index contributed by atoms with van der Waals surface area (Å²) in [4.78, 5) is 12.4. The molecule has 1 aromatic heterocycles. The van der Waals surface area contributed by atoms with Gasteiger partial charge in [0, 0.05) is 37.6 Å². The minimum Gasteiger partial charge on any atom is -0.367 e. The summed E-state index contributed by atoms with van der Waals surface area (Å²) in [6.07, 6.45) is -1.29. The van der Waals surface area contributed by atoms with Crippen molar-refractivity contribution in [3.05, 3.63) is 46.7 Å². The van der Waals surface area contributed by atoms with Crippen LogP contribution in [0.3, 0.4) is 0 Å². The molecule has 0 bridgehead atoms. The molecule has 2 aromatic rings. The number of alkyl halides is 3. The number of benzene rings is 1. The zero-order valence-corrected chi connectivity index (χ0v) is 16.0. The number of anilines is 2. The van der Waals surface area contributed by atoms with E-state index in [4.69, 9.17) is 16.9 Å². The van der Waals surface area contributed by atoms with Crippen molar-refractivity contribution >= 4 is 23.2 Å². The van der Waals surface area contributed by atoms with E-state index >= 15 is 0 Å².